The minimum atomic E-state index is -0.243. The van der Waals surface area contributed by atoms with E-state index in [0.717, 1.165) is 17.0 Å². The van der Waals surface area contributed by atoms with Gasteiger partial charge in [0, 0.05) is 18.4 Å². The summed E-state index contributed by atoms with van der Waals surface area (Å²) in [6.07, 6.45) is 1.68. The summed E-state index contributed by atoms with van der Waals surface area (Å²) in [5, 5.41) is 6.35. The molecule has 0 saturated carbocycles. The largest absolute Gasteiger partial charge is 0.494 e. The van der Waals surface area contributed by atoms with Crippen LogP contribution in [0.5, 0.6) is 5.75 Å². The van der Waals surface area contributed by atoms with E-state index in [1.165, 1.54) is 12.1 Å². The number of hydrogen-bond donors (Lipinski definition) is 2. The third-order valence-electron chi connectivity index (χ3n) is 3.46. The van der Waals surface area contributed by atoms with Crippen LogP contribution in [0.1, 0.15) is 12.5 Å². The van der Waals surface area contributed by atoms with Crippen LogP contribution in [-0.2, 0) is 6.54 Å². The van der Waals surface area contributed by atoms with Crippen LogP contribution in [0.4, 0.5) is 21.8 Å². The van der Waals surface area contributed by atoms with Gasteiger partial charge in [0.25, 0.3) is 0 Å². The van der Waals surface area contributed by atoms with Gasteiger partial charge >= 0.3 is 0 Å². The zero-order valence-corrected chi connectivity index (χ0v) is 13.9. The summed E-state index contributed by atoms with van der Waals surface area (Å²) >= 11 is 0. The fourth-order valence-electron chi connectivity index (χ4n) is 2.24. The molecule has 3 aromatic rings. The predicted molar refractivity (Wildman–Crippen MR) is 96.7 cm³/mol. The Morgan fingerprint density at radius 3 is 2.48 bits per heavy atom. The van der Waals surface area contributed by atoms with Crippen LogP contribution >= 0.6 is 0 Å². The fraction of sp³-hybridized carbons (Fsp3) is 0.158. The van der Waals surface area contributed by atoms with Crippen molar-refractivity contribution in [3.8, 4) is 5.75 Å². The Morgan fingerprint density at radius 1 is 1.00 bits per heavy atom. The first kappa shape index (κ1) is 16.7. The second kappa shape index (κ2) is 8.10. The smallest absolute Gasteiger partial charge is 0.229 e. The molecule has 0 amide bonds. The number of hydrogen-bond acceptors (Lipinski definition) is 5. The Morgan fingerprint density at radius 2 is 1.76 bits per heavy atom. The molecular weight excluding hydrogens is 319 g/mol. The van der Waals surface area contributed by atoms with Crippen molar-refractivity contribution in [2.45, 2.75) is 13.5 Å². The highest BCUT2D eigenvalue weighted by Crippen LogP contribution is 2.19. The van der Waals surface area contributed by atoms with Gasteiger partial charge in [0.2, 0.25) is 5.95 Å². The lowest BCUT2D eigenvalue weighted by Crippen LogP contribution is -2.04. The number of benzene rings is 2. The summed E-state index contributed by atoms with van der Waals surface area (Å²) in [4.78, 5) is 8.64. The van der Waals surface area contributed by atoms with E-state index in [0.29, 0.717) is 24.9 Å². The highest BCUT2D eigenvalue weighted by atomic mass is 19.1. The molecule has 0 fully saturated rings. The van der Waals surface area contributed by atoms with E-state index in [9.17, 15) is 4.39 Å². The van der Waals surface area contributed by atoms with Crippen LogP contribution in [0.15, 0.2) is 60.8 Å². The van der Waals surface area contributed by atoms with Gasteiger partial charge < -0.3 is 15.4 Å². The Kier molecular flexibility index (Phi) is 5.41. The monoisotopic (exact) mass is 338 g/mol. The number of aromatic nitrogens is 2. The molecule has 0 aliphatic rings. The fourth-order valence-corrected chi connectivity index (χ4v) is 2.24. The van der Waals surface area contributed by atoms with Crippen molar-refractivity contribution in [1.29, 1.82) is 0 Å². The van der Waals surface area contributed by atoms with Crippen molar-refractivity contribution in [3.63, 3.8) is 0 Å². The molecule has 25 heavy (non-hydrogen) atoms. The van der Waals surface area contributed by atoms with Crippen molar-refractivity contribution in [2.24, 2.45) is 0 Å². The van der Waals surface area contributed by atoms with Crippen molar-refractivity contribution in [2.75, 3.05) is 17.2 Å². The van der Waals surface area contributed by atoms with Gasteiger partial charge in [-0.15, -0.1) is 0 Å². The lowest BCUT2D eigenvalue weighted by molar-refractivity contribution is 0.340. The molecule has 2 N–H and O–H groups in total. The van der Waals surface area contributed by atoms with E-state index >= 15 is 0 Å². The first-order valence-electron chi connectivity index (χ1n) is 8.04. The molecule has 0 saturated heterocycles. The topological polar surface area (TPSA) is 59.1 Å². The van der Waals surface area contributed by atoms with Gasteiger partial charge in [0.05, 0.1) is 6.61 Å². The predicted octanol–water partition coefficient (Wildman–Crippen LogP) is 4.37. The second-order valence-electron chi connectivity index (χ2n) is 5.33. The van der Waals surface area contributed by atoms with Crippen LogP contribution in [0.25, 0.3) is 0 Å². The van der Waals surface area contributed by atoms with Crippen molar-refractivity contribution in [1.82, 2.24) is 9.97 Å². The number of halogens is 1. The molecule has 0 radical (unpaired) electrons. The Labute approximate surface area is 145 Å². The number of nitrogens with one attached hydrogen (secondary N) is 2. The zero-order valence-electron chi connectivity index (χ0n) is 13.9. The molecule has 2 aromatic carbocycles. The summed E-state index contributed by atoms with van der Waals surface area (Å²) in [7, 11) is 0. The standard InChI is InChI=1S/C19H19FN4O/c1-2-25-17-9-7-16(8-10-17)23-19-21-12-11-18(24-19)22-13-14-3-5-15(20)6-4-14/h3-12H,2,13H2,1H3,(H2,21,22,23,24). The minimum Gasteiger partial charge on any atom is -0.494 e. The summed E-state index contributed by atoms with van der Waals surface area (Å²) in [6, 6.07) is 15.7. The first-order valence-corrected chi connectivity index (χ1v) is 8.04. The van der Waals surface area contributed by atoms with Crippen LogP contribution in [-0.4, -0.2) is 16.6 Å². The summed E-state index contributed by atoms with van der Waals surface area (Å²) in [6.45, 7) is 3.14. The minimum absolute atomic E-state index is 0.243. The zero-order chi connectivity index (χ0) is 17.5. The normalized spacial score (nSPS) is 10.3. The molecule has 0 atom stereocenters. The third kappa shape index (κ3) is 4.91. The molecule has 0 spiro atoms. The third-order valence-corrected chi connectivity index (χ3v) is 3.46. The van der Waals surface area contributed by atoms with Crippen molar-refractivity contribution >= 4 is 17.5 Å². The van der Waals surface area contributed by atoms with Gasteiger partial charge in [-0.3, -0.25) is 0 Å². The van der Waals surface area contributed by atoms with Crippen molar-refractivity contribution in [3.05, 3.63) is 72.2 Å². The summed E-state index contributed by atoms with van der Waals surface area (Å²) in [5.41, 5.74) is 1.85. The SMILES string of the molecule is CCOc1ccc(Nc2nccc(NCc3ccc(F)cc3)n2)cc1. The maximum atomic E-state index is 12.9. The summed E-state index contributed by atoms with van der Waals surface area (Å²) in [5.74, 6) is 1.76. The maximum Gasteiger partial charge on any atom is 0.229 e. The molecular formula is C19H19FN4O. The van der Waals surface area contributed by atoms with Crippen LogP contribution < -0.4 is 15.4 Å². The molecule has 0 bridgehead atoms. The highest BCUT2D eigenvalue weighted by molar-refractivity contribution is 5.55. The van der Waals surface area contributed by atoms with Gasteiger partial charge in [-0.2, -0.15) is 4.98 Å². The average Bonchev–Trinajstić information content (AvgIpc) is 2.64. The number of nitrogens with zero attached hydrogens (tertiary/aromatic N) is 2. The second-order valence-corrected chi connectivity index (χ2v) is 5.33. The average molecular weight is 338 g/mol. The number of ether oxygens (including phenoxy) is 1. The highest BCUT2D eigenvalue weighted by Gasteiger charge is 2.01. The first-order chi connectivity index (χ1) is 12.2. The van der Waals surface area contributed by atoms with E-state index in [-0.39, 0.29) is 5.82 Å². The van der Waals surface area contributed by atoms with Crippen LogP contribution in [0, 0.1) is 5.82 Å². The van der Waals surface area contributed by atoms with E-state index in [1.807, 2.05) is 31.2 Å². The maximum absolute atomic E-state index is 12.9. The lowest BCUT2D eigenvalue weighted by Gasteiger charge is -2.09. The Hall–Kier alpha value is -3.15. The molecule has 1 heterocycles. The molecule has 3 rings (SSSR count). The number of rotatable bonds is 7. The molecule has 1 aromatic heterocycles. The Balaban J connectivity index is 1.61. The van der Waals surface area contributed by atoms with Gasteiger partial charge in [-0.05, 0) is 55.0 Å². The van der Waals surface area contributed by atoms with Crippen LogP contribution in [0.2, 0.25) is 0 Å². The van der Waals surface area contributed by atoms with E-state index in [4.69, 9.17) is 4.74 Å². The Bertz CT molecular complexity index is 806. The molecule has 0 aliphatic carbocycles. The van der Waals surface area contributed by atoms with Gasteiger partial charge in [0.1, 0.15) is 17.4 Å². The molecule has 6 heteroatoms. The van der Waals surface area contributed by atoms with Crippen LogP contribution in [0.3, 0.4) is 0 Å². The van der Waals surface area contributed by atoms with Gasteiger partial charge in [-0.25, -0.2) is 9.37 Å². The molecule has 0 unspecified atom stereocenters. The molecule has 5 nitrogen and oxygen atoms in total. The van der Waals surface area contributed by atoms with E-state index in [2.05, 4.69) is 20.6 Å². The molecule has 128 valence electrons. The number of anilines is 3. The van der Waals surface area contributed by atoms with Gasteiger partial charge in [-0.1, -0.05) is 12.1 Å². The van der Waals surface area contributed by atoms with E-state index in [1.54, 1.807) is 24.4 Å². The van der Waals surface area contributed by atoms with E-state index < -0.39 is 0 Å². The quantitative estimate of drug-likeness (QED) is 0.670. The van der Waals surface area contributed by atoms with Gasteiger partial charge in [0.15, 0.2) is 0 Å². The van der Waals surface area contributed by atoms with Crippen molar-refractivity contribution < 1.29 is 9.13 Å². The summed E-state index contributed by atoms with van der Waals surface area (Å²) < 4.78 is 18.3. The molecule has 0 aliphatic heterocycles. The lowest BCUT2D eigenvalue weighted by atomic mass is 10.2.